The van der Waals surface area contributed by atoms with Crippen molar-refractivity contribution < 1.29 is 19.1 Å². The lowest BCUT2D eigenvalue weighted by Crippen LogP contribution is -2.20. The molecule has 0 unspecified atom stereocenters. The molecule has 2 aromatic carbocycles. The van der Waals surface area contributed by atoms with Crippen molar-refractivity contribution in [2.75, 3.05) is 19.0 Å². The first-order valence-corrected chi connectivity index (χ1v) is 8.50. The fraction of sp³-hybridized carbons (Fsp3) is 0.150. The molecule has 0 bridgehead atoms. The SMILES string of the molecule is COc1cc(/C=C(\C#N)C(=O)Nc2ccc(C)cc2)cc(Cl)c1OCC(N)=O. The predicted molar refractivity (Wildman–Crippen MR) is 106 cm³/mol. The van der Waals surface area contributed by atoms with Crippen LogP contribution in [0.4, 0.5) is 5.69 Å². The molecule has 3 N–H and O–H groups in total. The van der Waals surface area contributed by atoms with Crippen LogP contribution in [0.15, 0.2) is 42.0 Å². The summed E-state index contributed by atoms with van der Waals surface area (Å²) in [6.07, 6.45) is 1.37. The van der Waals surface area contributed by atoms with E-state index in [4.69, 9.17) is 26.8 Å². The van der Waals surface area contributed by atoms with Crippen molar-refractivity contribution in [3.8, 4) is 17.6 Å². The topological polar surface area (TPSA) is 114 Å². The Balaban J connectivity index is 2.28. The third kappa shape index (κ3) is 5.50. The summed E-state index contributed by atoms with van der Waals surface area (Å²) in [6.45, 7) is 1.56. The van der Waals surface area contributed by atoms with Gasteiger partial charge >= 0.3 is 0 Å². The van der Waals surface area contributed by atoms with Crippen LogP contribution in [-0.4, -0.2) is 25.5 Å². The van der Waals surface area contributed by atoms with E-state index in [1.807, 2.05) is 25.1 Å². The van der Waals surface area contributed by atoms with Gasteiger partial charge in [-0.2, -0.15) is 5.26 Å². The number of carbonyl (C=O) groups is 2. The molecular weight excluding hydrogens is 382 g/mol. The Bertz CT molecular complexity index is 963. The molecule has 0 atom stereocenters. The number of hydrogen-bond donors (Lipinski definition) is 2. The average Bonchev–Trinajstić information content (AvgIpc) is 2.66. The van der Waals surface area contributed by atoms with E-state index in [1.165, 1.54) is 25.3 Å². The lowest BCUT2D eigenvalue weighted by atomic mass is 10.1. The molecule has 0 aliphatic heterocycles. The maximum Gasteiger partial charge on any atom is 0.266 e. The summed E-state index contributed by atoms with van der Waals surface area (Å²) in [5, 5.41) is 12.2. The van der Waals surface area contributed by atoms with E-state index < -0.39 is 11.8 Å². The van der Waals surface area contributed by atoms with E-state index in [0.29, 0.717) is 11.3 Å². The zero-order valence-corrected chi connectivity index (χ0v) is 16.0. The molecule has 0 spiro atoms. The largest absolute Gasteiger partial charge is 0.493 e. The Morgan fingerprint density at radius 2 is 1.96 bits per heavy atom. The van der Waals surface area contributed by atoms with Gasteiger partial charge in [0, 0.05) is 5.69 Å². The lowest BCUT2D eigenvalue weighted by molar-refractivity contribution is -0.120. The number of nitrogens with two attached hydrogens (primary N) is 1. The van der Waals surface area contributed by atoms with Crippen molar-refractivity contribution in [1.82, 2.24) is 0 Å². The number of amides is 2. The third-order valence-electron chi connectivity index (χ3n) is 3.60. The van der Waals surface area contributed by atoms with Crippen LogP contribution >= 0.6 is 11.6 Å². The quantitative estimate of drug-likeness (QED) is 0.548. The molecule has 0 radical (unpaired) electrons. The number of ether oxygens (including phenoxy) is 2. The Labute approximate surface area is 167 Å². The van der Waals surface area contributed by atoms with Gasteiger partial charge < -0.3 is 20.5 Å². The minimum absolute atomic E-state index is 0.121. The highest BCUT2D eigenvalue weighted by Gasteiger charge is 2.15. The van der Waals surface area contributed by atoms with Crippen molar-refractivity contribution >= 4 is 35.2 Å². The number of carbonyl (C=O) groups excluding carboxylic acids is 2. The van der Waals surface area contributed by atoms with E-state index in [-0.39, 0.29) is 28.7 Å². The number of nitrogens with one attached hydrogen (secondary N) is 1. The summed E-state index contributed by atoms with van der Waals surface area (Å²) < 4.78 is 10.5. The summed E-state index contributed by atoms with van der Waals surface area (Å²) in [5.41, 5.74) is 7.01. The predicted octanol–water partition coefficient (Wildman–Crippen LogP) is 3.07. The molecule has 0 heterocycles. The fourth-order valence-corrected chi connectivity index (χ4v) is 2.53. The second kappa shape index (κ2) is 9.44. The molecule has 144 valence electrons. The van der Waals surface area contributed by atoms with Gasteiger partial charge in [0.25, 0.3) is 11.8 Å². The maximum atomic E-state index is 12.4. The van der Waals surface area contributed by atoms with Crippen LogP contribution in [0.25, 0.3) is 6.08 Å². The Morgan fingerprint density at radius 1 is 1.29 bits per heavy atom. The number of aryl methyl sites for hydroxylation is 1. The van der Waals surface area contributed by atoms with Crippen LogP contribution in [0.1, 0.15) is 11.1 Å². The van der Waals surface area contributed by atoms with Gasteiger partial charge in [-0.05, 0) is 42.8 Å². The average molecular weight is 400 g/mol. The summed E-state index contributed by atoms with van der Waals surface area (Å²) in [4.78, 5) is 23.3. The standard InChI is InChI=1S/C20H18ClN3O4/c1-12-3-5-15(6-4-12)24-20(26)14(10-22)7-13-8-16(21)19(17(9-13)27-2)28-11-18(23)25/h3-9H,11H2,1-2H3,(H2,23,25)(H,24,26)/b14-7+. The van der Waals surface area contributed by atoms with Crippen molar-refractivity contribution in [3.63, 3.8) is 0 Å². The molecule has 0 fully saturated rings. The number of anilines is 1. The molecule has 0 aromatic heterocycles. The molecule has 2 aromatic rings. The Morgan fingerprint density at radius 3 is 2.54 bits per heavy atom. The van der Waals surface area contributed by atoms with E-state index >= 15 is 0 Å². The third-order valence-corrected chi connectivity index (χ3v) is 3.88. The highest BCUT2D eigenvalue weighted by Crippen LogP contribution is 2.37. The Hall–Kier alpha value is -3.50. The number of halogens is 1. The van der Waals surface area contributed by atoms with Gasteiger partial charge in [-0.3, -0.25) is 9.59 Å². The molecule has 7 nitrogen and oxygen atoms in total. The number of nitrogens with zero attached hydrogens (tertiary/aromatic N) is 1. The summed E-state index contributed by atoms with van der Waals surface area (Å²) in [5.74, 6) is -0.851. The summed E-state index contributed by atoms with van der Waals surface area (Å²) in [6, 6.07) is 12.1. The van der Waals surface area contributed by atoms with Crippen LogP contribution in [0.3, 0.4) is 0 Å². The first-order chi connectivity index (χ1) is 13.3. The Kier molecular flexibility index (Phi) is 7.02. The molecule has 0 aliphatic rings. The minimum Gasteiger partial charge on any atom is -0.493 e. The van der Waals surface area contributed by atoms with Gasteiger partial charge in [0.2, 0.25) is 0 Å². The van der Waals surface area contributed by atoms with E-state index in [2.05, 4.69) is 5.32 Å². The summed E-state index contributed by atoms with van der Waals surface area (Å²) >= 11 is 6.18. The van der Waals surface area contributed by atoms with Crippen LogP contribution in [-0.2, 0) is 9.59 Å². The van der Waals surface area contributed by atoms with E-state index in [0.717, 1.165) is 5.56 Å². The van der Waals surface area contributed by atoms with Crippen molar-refractivity contribution in [1.29, 1.82) is 5.26 Å². The van der Waals surface area contributed by atoms with Gasteiger partial charge in [0.05, 0.1) is 12.1 Å². The van der Waals surface area contributed by atoms with Crippen LogP contribution in [0.2, 0.25) is 5.02 Å². The smallest absolute Gasteiger partial charge is 0.266 e. The number of methoxy groups -OCH3 is 1. The molecule has 28 heavy (non-hydrogen) atoms. The van der Waals surface area contributed by atoms with Gasteiger partial charge in [-0.15, -0.1) is 0 Å². The van der Waals surface area contributed by atoms with Gasteiger partial charge in [-0.25, -0.2) is 0 Å². The summed E-state index contributed by atoms with van der Waals surface area (Å²) in [7, 11) is 1.39. The van der Waals surface area contributed by atoms with Crippen LogP contribution < -0.4 is 20.5 Å². The number of rotatable bonds is 7. The second-order valence-corrected chi connectivity index (χ2v) is 6.19. The van der Waals surface area contributed by atoms with E-state index in [1.54, 1.807) is 12.1 Å². The molecule has 2 rings (SSSR count). The van der Waals surface area contributed by atoms with Crippen LogP contribution in [0.5, 0.6) is 11.5 Å². The molecule has 2 amide bonds. The minimum atomic E-state index is -0.665. The monoisotopic (exact) mass is 399 g/mol. The molecule has 8 heteroatoms. The zero-order chi connectivity index (χ0) is 20.7. The highest BCUT2D eigenvalue weighted by atomic mass is 35.5. The van der Waals surface area contributed by atoms with Gasteiger partial charge in [0.1, 0.15) is 11.6 Å². The first kappa shape index (κ1) is 20.8. The number of hydrogen-bond acceptors (Lipinski definition) is 5. The molecule has 0 saturated carbocycles. The zero-order valence-electron chi connectivity index (χ0n) is 15.3. The van der Waals surface area contributed by atoms with Gasteiger partial charge in [0.15, 0.2) is 18.1 Å². The normalized spacial score (nSPS) is 10.7. The second-order valence-electron chi connectivity index (χ2n) is 5.78. The molecular formula is C20H18ClN3O4. The first-order valence-electron chi connectivity index (χ1n) is 8.12. The number of benzene rings is 2. The number of nitriles is 1. The number of primary amides is 1. The lowest BCUT2D eigenvalue weighted by Gasteiger charge is -2.12. The molecule has 0 aliphatic carbocycles. The fourth-order valence-electron chi connectivity index (χ4n) is 2.26. The van der Waals surface area contributed by atoms with Crippen molar-refractivity contribution in [3.05, 3.63) is 58.1 Å². The highest BCUT2D eigenvalue weighted by molar-refractivity contribution is 6.32. The van der Waals surface area contributed by atoms with E-state index in [9.17, 15) is 14.9 Å². The van der Waals surface area contributed by atoms with Crippen LogP contribution in [0, 0.1) is 18.3 Å². The molecule has 0 saturated heterocycles. The maximum absolute atomic E-state index is 12.4. The van der Waals surface area contributed by atoms with Gasteiger partial charge in [-0.1, -0.05) is 29.3 Å². The van der Waals surface area contributed by atoms with Crippen molar-refractivity contribution in [2.24, 2.45) is 5.73 Å². The van der Waals surface area contributed by atoms with Crippen molar-refractivity contribution in [2.45, 2.75) is 6.92 Å².